The Morgan fingerprint density at radius 2 is 2.00 bits per heavy atom. The van der Waals surface area contributed by atoms with Crippen LogP contribution in [0.5, 0.6) is 0 Å². The van der Waals surface area contributed by atoms with Crippen LogP contribution in [0.3, 0.4) is 0 Å². The number of hydrogen-bond donors (Lipinski definition) is 1. The molecule has 0 heterocycles. The van der Waals surface area contributed by atoms with Gasteiger partial charge in [0, 0.05) is 17.6 Å². The molecule has 0 bridgehead atoms. The summed E-state index contributed by atoms with van der Waals surface area (Å²) in [5.74, 6) is 1.92. The first-order valence-electron chi connectivity index (χ1n) is 8.07. The van der Waals surface area contributed by atoms with Crippen LogP contribution < -0.4 is 0 Å². The lowest BCUT2D eigenvalue weighted by atomic mass is 9.74. The summed E-state index contributed by atoms with van der Waals surface area (Å²) in [5, 5.41) is 10.3. The Hall–Kier alpha value is -0.380. The van der Waals surface area contributed by atoms with Crippen molar-refractivity contribution in [3.63, 3.8) is 0 Å². The van der Waals surface area contributed by atoms with Gasteiger partial charge in [-0.05, 0) is 55.7 Å². The second-order valence-corrected chi connectivity index (χ2v) is 7.79. The maximum atomic E-state index is 10.3. The average molecular weight is 354 g/mol. The zero-order chi connectivity index (χ0) is 15.4. The van der Waals surface area contributed by atoms with Gasteiger partial charge < -0.3 is 10.0 Å². The Bertz CT molecular complexity index is 449. The Morgan fingerprint density at radius 3 is 2.67 bits per heavy atom. The largest absolute Gasteiger partial charge is 0.393 e. The van der Waals surface area contributed by atoms with Crippen LogP contribution in [-0.4, -0.2) is 29.7 Å². The highest BCUT2D eigenvalue weighted by Gasteiger charge is 2.31. The van der Waals surface area contributed by atoms with Crippen molar-refractivity contribution in [1.29, 1.82) is 0 Å². The molecule has 3 heteroatoms. The van der Waals surface area contributed by atoms with Crippen LogP contribution in [0.15, 0.2) is 28.7 Å². The van der Waals surface area contributed by atoms with E-state index in [0.29, 0.717) is 5.92 Å². The standard InChI is InChI=1S/C18H28BrNO/c1-13(2)14-8-9-18(21)16(10-14)12-20(3)11-15-6-4-5-7-17(15)19/h4-7,13-14,16,18,21H,8-12H2,1-3H3. The summed E-state index contributed by atoms with van der Waals surface area (Å²) < 4.78 is 1.17. The van der Waals surface area contributed by atoms with Gasteiger partial charge in [0.25, 0.3) is 0 Å². The van der Waals surface area contributed by atoms with Gasteiger partial charge in [-0.1, -0.05) is 48.0 Å². The maximum Gasteiger partial charge on any atom is 0.0580 e. The van der Waals surface area contributed by atoms with Gasteiger partial charge in [0.05, 0.1) is 6.10 Å². The monoisotopic (exact) mass is 353 g/mol. The van der Waals surface area contributed by atoms with Crippen molar-refractivity contribution in [3.05, 3.63) is 34.3 Å². The van der Waals surface area contributed by atoms with Gasteiger partial charge in [-0.25, -0.2) is 0 Å². The van der Waals surface area contributed by atoms with Crippen LogP contribution in [0, 0.1) is 17.8 Å². The Labute approximate surface area is 137 Å². The first-order valence-corrected chi connectivity index (χ1v) is 8.86. The molecule has 1 saturated carbocycles. The lowest BCUT2D eigenvalue weighted by Gasteiger charge is -2.37. The molecule has 1 aliphatic rings. The third kappa shape index (κ3) is 4.80. The highest BCUT2D eigenvalue weighted by atomic mass is 79.9. The molecule has 2 rings (SSSR count). The minimum atomic E-state index is -0.123. The predicted molar refractivity (Wildman–Crippen MR) is 92.2 cm³/mol. The molecule has 0 saturated heterocycles. The third-order valence-corrected chi connectivity index (χ3v) is 5.64. The maximum absolute atomic E-state index is 10.3. The van der Waals surface area contributed by atoms with E-state index < -0.39 is 0 Å². The quantitative estimate of drug-likeness (QED) is 0.852. The zero-order valence-electron chi connectivity index (χ0n) is 13.4. The van der Waals surface area contributed by atoms with Crippen molar-refractivity contribution in [2.75, 3.05) is 13.6 Å². The second kappa shape index (κ2) is 7.75. The van der Waals surface area contributed by atoms with E-state index in [4.69, 9.17) is 0 Å². The fourth-order valence-electron chi connectivity index (χ4n) is 3.47. The van der Waals surface area contributed by atoms with Gasteiger partial charge in [0.1, 0.15) is 0 Å². The molecular formula is C18H28BrNO. The van der Waals surface area contributed by atoms with Crippen LogP contribution in [0.2, 0.25) is 0 Å². The van der Waals surface area contributed by atoms with Gasteiger partial charge in [0.15, 0.2) is 0 Å². The van der Waals surface area contributed by atoms with E-state index in [0.717, 1.165) is 31.3 Å². The van der Waals surface area contributed by atoms with E-state index in [1.807, 2.05) is 6.07 Å². The normalized spacial score (nSPS) is 26.5. The number of halogens is 1. The van der Waals surface area contributed by atoms with Crippen molar-refractivity contribution in [1.82, 2.24) is 4.90 Å². The molecule has 1 fully saturated rings. The molecule has 118 valence electrons. The van der Waals surface area contributed by atoms with E-state index in [1.165, 1.54) is 22.9 Å². The molecule has 1 N–H and O–H groups in total. The summed E-state index contributed by atoms with van der Waals surface area (Å²) in [6.45, 7) is 6.52. The highest BCUT2D eigenvalue weighted by molar-refractivity contribution is 9.10. The minimum absolute atomic E-state index is 0.123. The van der Waals surface area contributed by atoms with Crippen LogP contribution in [0.25, 0.3) is 0 Å². The zero-order valence-corrected chi connectivity index (χ0v) is 15.0. The van der Waals surface area contributed by atoms with Gasteiger partial charge >= 0.3 is 0 Å². The summed E-state index contributed by atoms with van der Waals surface area (Å²) in [7, 11) is 2.16. The first kappa shape index (κ1) is 17.0. The first-order chi connectivity index (χ1) is 9.97. The fourth-order valence-corrected chi connectivity index (χ4v) is 3.88. The van der Waals surface area contributed by atoms with Crippen molar-refractivity contribution in [2.45, 2.75) is 45.8 Å². The predicted octanol–water partition coefficient (Wildman–Crippen LogP) is 4.31. The smallest absolute Gasteiger partial charge is 0.0580 e. The van der Waals surface area contributed by atoms with Gasteiger partial charge in [-0.2, -0.15) is 0 Å². The van der Waals surface area contributed by atoms with Crippen molar-refractivity contribution >= 4 is 15.9 Å². The van der Waals surface area contributed by atoms with E-state index in [-0.39, 0.29) is 6.10 Å². The van der Waals surface area contributed by atoms with E-state index in [2.05, 4.69) is 59.9 Å². The highest BCUT2D eigenvalue weighted by Crippen LogP contribution is 2.34. The fraction of sp³-hybridized carbons (Fsp3) is 0.667. The number of nitrogens with zero attached hydrogens (tertiary/aromatic N) is 1. The SMILES string of the molecule is CC(C)C1CCC(O)C(CN(C)Cc2ccccc2Br)C1. The lowest BCUT2D eigenvalue weighted by molar-refractivity contribution is 0.0213. The van der Waals surface area contributed by atoms with Crippen LogP contribution >= 0.6 is 15.9 Å². The van der Waals surface area contributed by atoms with Crippen molar-refractivity contribution in [3.8, 4) is 0 Å². The van der Waals surface area contributed by atoms with Crippen molar-refractivity contribution < 1.29 is 5.11 Å². The third-order valence-electron chi connectivity index (χ3n) is 4.87. The summed E-state index contributed by atoms with van der Waals surface area (Å²) >= 11 is 3.61. The van der Waals surface area contributed by atoms with Gasteiger partial charge in [-0.15, -0.1) is 0 Å². The van der Waals surface area contributed by atoms with Crippen LogP contribution in [0.1, 0.15) is 38.7 Å². The molecule has 3 atom stereocenters. The number of aliphatic hydroxyl groups excluding tert-OH is 1. The average Bonchev–Trinajstić information content (AvgIpc) is 2.43. The molecule has 3 unspecified atom stereocenters. The Morgan fingerprint density at radius 1 is 1.29 bits per heavy atom. The summed E-state index contributed by atoms with van der Waals surface area (Å²) in [5.41, 5.74) is 1.31. The molecule has 0 radical (unpaired) electrons. The topological polar surface area (TPSA) is 23.5 Å². The molecule has 1 aromatic rings. The molecule has 0 aromatic heterocycles. The van der Waals surface area contributed by atoms with Crippen LogP contribution in [0.4, 0.5) is 0 Å². The molecule has 0 spiro atoms. The number of benzene rings is 1. The molecule has 0 amide bonds. The molecule has 0 aliphatic heterocycles. The Kier molecular flexibility index (Phi) is 6.27. The van der Waals surface area contributed by atoms with E-state index in [9.17, 15) is 5.11 Å². The Balaban J connectivity index is 1.92. The number of rotatable bonds is 5. The summed E-state index contributed by atoms with van der Waals surface area (Å²) in [6, 6.07) is 8.38. The molecule has 2 nitrogen and oxygen atoms in total. The number of aliphatic hydroxyl groups is 1. The molecule has 1 aliphatic carbocycles. The summed E-state index contributed by atoms with van der Waals surface area (Å²) in [4.78, 5) is 2.34. The van der Waals surface area contributed by atoms with Gasteiger partial charge in [0.2, 0.25) is 0 Å². The molecular weight excluding hydrogens is 326 g/mol. The van der Waals surface area contributed by atoms with Gasteiger partial charge in [-0.3, -0.25) is 0 Å². The van der Waals surface area contributed by atoms with Crippen LogP contribution in [-0.2, 0) is 6.54 Å². The molecule has 21 heavy (non-hydrogen) atoms. The minimum Gasteiger partial charge on any atom is -0.393 e. The van der Waals surface area contributed by atoms with E-state index in [1.54, 1.807) is 0 Å². The summed E-state index contributed by atoms with van der Waals surface area (Å²) in [6.07, 6.45) is 3.19. The van der Waals surface area contributed by atoms with Crippen molar-refractivity contribution in [2.24, 2.45) is 17.8 Å². The number of hydrogen-bond acceptors (Lipinski definition) is 2. The van der Waals surface area contributed by atoms with E-state index >= 15 is 0 Å². The molecule has 1 aromatic carbocycles. The lowest BCUT2D eigenvalue weighted by Crippen LogP contribution is -2.38. The second-order valence-electron chi connectivity index (χ2n) is 6.93.